The fourth-order valence-electron chi connectivity index (χ4n) is 3.32. The van der Waals surface area contributed by atoms with E-state index in [0.29, 0.717) is 0 Å². The van der Waals surface area contributed by atoms with E-state index in [1.54, 1.807) is 4.68 Å². The van der Waals surface area contributed by atoms with Crippen molar-refractivity contribution in [2.24, 2.45) is 11.0 Å². The van der Waals surface area contributed by atoms with Gasteiger partial charge in [0, 0.05) is 24.5 Å². The molecule has 28 heavy (non-hydrogen) atoms. The number of nitrogens with zero attached hydrogens (tertiary/aromatic N) is 3. The smallest absolute Gasteiger partial charge is 0.171 e. The third-order valence-electron chi connectivity index (χ3n) is 5.24. The minimum atomic E-state index is 0.731. The Morgan fingerprint density at radius 2 is 1.82 bits per heavy atom. The summed E-state index contributed by atoms with van der Waals surface area (Å²) in [6.07, 6.45) is 9.65. The lowest BCUT2D eigenvalue weighted by atomic mass is 10.0. The van der Waals surface area contributed by atoms with Crippen molar-refractivity contribution in [3.8, 4) is 11.3 Å². The number of pyridine rings is 2. The van der Waals surface area contributed by atoms with E-state index in [0.717, 1.165) is 42.0 Å². The molecule has 0 amide bonds. The predicted octanol–water partition coefficient (Wildman–Crippen LogP) is 3.25. The van der Waals surface area contributed by atoms with Gasteiger partial charge in [0.2, 0.25) is 0 Å². The molecular weight excluding hydrogens is 346 g/mol. The van der Waals surface area contributed by atoms with Gasteiger partial charge in [-0.05, 0) is 54.5 Å². The van der Waals surface area contributed by atoms with E-state index in [-0.39, 0.29) is 0 Å². The van der Waals surface area contributed by atoms with Crippen LogP contribution in [0.15, 0.2) is 72.1 Å². The maximum Gasteiger partial charge on any atom is 0.171 e. The van der Waals surface area contributed by atoms with Gasteiger partial charge in [0.25, 0.3) is 0 Å². The fraction of sp³-hybridized carbons (Fsp3) is 0.304. The van der Waals surface area contributed by atoms with Crippen LogP contribution in [-0.2, 0) is 12.8 Å². The molecule has 1 aliphatic rings. The van der Waals surface area contributed by atoms with Gasteiger partial charge >= 0.3 is 0 Å². The second kappa shape index (κ2) is 8.74. The number of hydrogen-bond donors (Lipinski definition) is 2. The van der Waals surface area contributed by atoms with Crippen LogP contribution in [0.3, 0.4) is 0 Å². The number of nitrogen functional groups attached to an aromatic ring is 1. The zero-order valence-corrected chi connectivity index (χ0v) is 16.1. The first kappa shape index (κ1) is 18.3. The van der Waals surface area contributed by atoms with Gasteiger partial charge in [-0.3, -0.25) is 4.98 Å². The quantitative estimate of drug-likeness (QED) is 0.362. The normalized spacial score (nSPS) is 14.2. The fourth-order valence-corrected chi connectivity index (χ4v) is 3.32. The van der Waals surface area contributed by atoms with Gasteiger partial charge in [0.1, 0.15) is 0 Å². The van der Waals surface area contributed by atoms with Crippen LogP contribution in [0.2, 0.25) is 0 Å². The molecule has 1 aliphatic carbocycles. The molecule has 2 aromatic heterocycles. The van der Waals surface area contributed by atoms with Crippen LogP contribution in [0.25, 0.3) is 11.3 Å². The number of aryl methyl sites for hydroxylation is 2. The van der Waals surface area contributed by atoms with Crippen molar-refractivity contribution in [2.75, 3.05) is 12.4 Å². The summed E-state index contributed by atoms with van der Waals surface area (Å²) in [6, 6.07) is 18.6. The van der Waals surface area contributed by atoms with Gasteiger partial charge in [-0.15, -0.1) is 0 Å². The van der Waals surface area contributed by atoms with E-state index >= 15 is 0 Å². The zero-order valence-electron chi connectivity index (χ0n) is 16.1. The predicted molar refractivity (Wildman–Crippen MR) is 113 cm³/mol. The van der Waals surface area contributed by atoms with E-state index in [2.05, 4.69) is 45.8 Å². The Morgan fingerprint density at radius 1 is 1.00 bits per heavy atom. The van der Waals surface area contributed by atoms with Crippen molar-refractivity contribution >= 4 is 0 Å². The van der Waals surface area contributed by atoms with Crippen LogP contribution in [0, 0.1) is 5.92 Å². The highest BCUT2D eigenvalue weighted by Crippen LogP contribution is 2.31. The number of nitrogens with one attached hydrogen (secondary N) is 1. The van der Waals surface area contributed by atoms with Crippen LogP contribution < -0.4 is 16.8 Å². The minimum absolute atomic E-state index is 0.731. The molecule has 0 atom stereocenters. The first-order valence-corrected chi connectivity index (χ1v) is 10.0. The summed E-state index contributed by atoms with van der Waals surface area (Å²) >= 11 is 0. The van der Waals surface area contributed by atoms with Crippen LogP contribution in [0.5, 0.6) is 0 Å². The van der Waals surface area contributed by atoms with Crippen LogP contribution in [0.1, 0.15) is 30.4 Å². The molecule has 4 rings (SSSR count). The van der Waals surface area contributed by atoms with E-state index in [1.165, 1.54) is 30.4 Å². The van der Waals surface area contributed by atoms with Crippen LogP contribution in [-0.4, -0.2) is 16.2 Å². The van der Waals surface area contributed by atoms with Gasteiger partial charge in [0.15, 0.2) is 5.49 Å². The summed E-state index contributed by atoms with van der Waals surface area (Å²) in [5, 5.41) is 4.45. The standard InChI is InChI=1S/C23H27N5/c24-28-22(4-1-5-23(28)27-26-16-14-19-6-7-19)21-12-10-18(11-13-21)8-9-20-3-2-15-25-17-20/h1-5,10-13,15,17,19,26H,6-9,14,16,24H2/b27-23-. The summed E-state index contributed by atoms with van der Waals surface area (Å²) in [7, 11) is 0. The molecule has 0 unspecified atom stereocenters. The molecule has 1 saturated carbocycles. The Kier molecular flexibility index (Phi) is 5.71. The van der Waals surface area contributed by atoms with Gasteiger partial charge < -0.3 is 11.3 Å². The van der Waals surface area contributed by atoms with Crippen molar-refractivity contribution in [1.29, 1.82) is 0 Å². The molecule has 0 bridgehead atoms. The molecule has 0 radical (unpaired) electrons. The lowest BCUT2D eigenvalue weighted by molar-refractivity contribution is 0.616. The van der Waals surface area contributed by atoms with E-state index in [9.17, 15) is 0 Å². The van der Waals surface area contributed by atoms with Crippen LogP contribution >= 0.6 is 0 Å². The summed E-state index contributed by atoms with van der Waals surface area (Å²) in [6.45, 7) is 0.903. The zero-order chi connectivity index (χ0) is 19.2. The van der Waals surface area contributed by atoms with Crippen molar-refractivity contribution < 1.29 is 0 Å². The molecule has 0 spiro atoms. The van der Waals surface area contributed by atoms with Crippen molar-refractivity contribution in [3.63, 3.8) is 0 Å². The third-order valence-corrected chi connectivity index (χ3v) is 5.24. The summed E-state index contributed by atoms with van der Waals surface area (Å²) < 4.78 is 1.65. The second-order valence-corrected chi connectivity index (χ2v) is 7.45. The van der Waals surface area contributed by atoms with E-state index < -0.39 is 0 Å². The number of nitrogens with two attached hydrogens (primary N) is 1. The lowest BCUT2D eigenvalue weighted by Gasteiger charge is -2.10. The molecular formula is C23H27N5. The molecule has 3 aromatic rings. The average molecular weight is 374 g/mol. The summed E-state index contributed by atoms with van der Waals surface area (Å²) in [5.41, 5.74) is 8.48. The number of aromatic nitrogens is 2. The minimum Gasteiger partial charge on any atom is -0.337 e. The van der Waals surface area contributed by atoms with Crippen molar-refractivity contribution in [3.05, 3.63) is 83.6 Å². The Bertz CT molecular complexity index is 956. The van der Waals surface area contributed by atoms with E-state index in [4.69, 9.17) is 5.84 Å². The maximum atomic E-state index is 6.32. The highest BCUT2D eigenvalue weighted by molar-refractivity contribution is 5.60. The topological polar surface area (TPSA) is 68.2 Å². The monoisotopic (exact) mass is 373 g/mol. The van der Waals surface area contributed by atoms with E-state index in [1.807, 2.05) is 36.7 Å². The first-order chi connectivity index (χ1) is 13.8. The highest BCUT2D eigenvalue weighted by Gasteiger charge is 2.19. The first-order valence-electron chi connectivity index (χ1n) is 10.0. The molecule has 1 aromatic carbocycles. The maximum absolute atomic E-state index is 6.32. The summed E-state index contributed by atoms with van der Waals surface area (Å²) in [4.78, 5) is 4.18. The second-order valence-electron chi connectivity index (χ2n) is 7.45. The number of benzene rings is 1. The SMILES string of the molecule is Nn1c(-c2ccc(CCc3cccnc3)cc2)ccc/c1=N/NCCC1CC1. The van der Waals surface area contributed by atoms with Gasteiger partial charge in [-0.2, -0.15) is 5.10 Å². The molecule has 5 nitrogen and oxygen atoms in total. The van der Waals surface area contributed by atoms with Gasteiger partial charge in [0.05, 0.1) is 5.69 Å². The summed E-state index contributed by atoms with van der Waals surface area (Å²) in [5.74, 6) is 7.22. The highest BCUT2D eigenvalue weighted by atomic mass is 15.4. The van der Waals surface area contributed by atoms with Gasteiger partial charge in [-0.1, -0.05) is 49.2 Å². The molecule has 5 heteroatoms. The Labute approximate surface area is 165 Å². The number of hydrogen-bond acceptors (Lipinski definition) is 4. The molecule has 144 valence electrons. The molecule has 2 heterocycles. The molecule has 0 aliphatic heterocycles. The lowest BCUT2D eigenvalue weighted by Crippen LogP contribution is -2.31. The molecule has 3 N–H and O–H groups in total. The Hall–Kier alpha value is -3.08. The largest absolute Gasteiger partial charge is 0.337 e. The van der Waals surface area contributed by atoms with Gasteiger partial charge in [-0.25, -0.2) is 4.68 Å². The van der Waals surface area contributed by atoms with Crippen LogP contribution in [0.4, 0.5) is 0 Å². The molecule has 0 saturated heterocycles. The Balaban J connectivity index is 1.43. The number of rotatable bonds is 8. The Morgan fingerprint density at radius 3 is 2.57 bits per heavy atom. The third kappa shape index (κ3) is 4.80. The average Bonchev–Trinajstić information content (AvgIpc) is 3.56. The van der Waals surface area contributed by atoms with Crippen molar-refractivity contribution in [1.82, 2.24) is 15.1 Å². The molecule has 1 fully saturated rings. The van der Waals surface area contributed by atoms with Crippen molar-refractivity contribution in [2.45, 2.75) is 32.1 Å².